The van der Waals surface area contributed by atoms with Gasteiger partial charge in [-0.1, -0.05) is 6.07 Å². The Labute approximate surface area is 73.3 Å². The van der Waals surface area contributed by atoms with E-state index in [-0.39, 0.29) is 11.5 Å². The van der Waals surface area contributed by atoms with Crippen LogP contribution in [0.3, 0.4) is 0 Å². The highest BCUT2D eigenvalue weighted by molar-refractivity contribution is 6.35. The van der Waals surface area contributed by atoms with Crippen LogP contribution in [0, 0.1) is 5.82 Å². The van der Waals surface area contributed by atoms with Crippen LogP contribution in [0.25, 0.3) is 0 Å². The topological polar surface area (TPSA) is 29.1 Å². The van der Waals surface area contributed by atoms with Gasteiger partial charge < -0.3 is 5.32 Å². The summed E-state index contributed by atoms with van der Waals surface area (Å²) in [4.78, 5) is 11.0. The monoisotopic (exact) mass is 185 g/mol. The SMILES string of the molecule is O=C1Nc2cccc(F)c2C1Cl. The molecule has 1 atom stereocenters. The van der Waals surface area contributed by atoms with Crippen LogP contribution in [-0.4, -0.2) is 5.91 Å². The Bertz CT molecular complexity index is 353. The molecule has 0 bridgehead atoms. The Morgan fingerprint density at radius 3 is 2.92 bits per heavy atom. The van der Waals surface area contributed by atoms with Crippen LogP contribution >= 0.6 is 11.6 Å². The Kier molecular flexibility index (Phi) is 1.54. The highest BCUT2D eigenvalue weighted by Gasteiger charge is 2.30. The first-order chi connectivity index (χ1) is 5.70. The van der Waals surface area contributed by atoms with Crippen molar-refractivity contribution >= 4 is 23.2 Å². The standard InChI is InChI=1S/C8H5ClFNO/c9-7-6-4(10)2-1-3-5(6)11-8(7)12/h1-3,7H,(H,11,12). The summed E-state index contributed by atoms with van der Waals surface area (Å²) in [6.07, 6.45) is 0. The Hall–Kier alpha value is -1.09. The zero-order valence-corrected chi connectivity index (χ0v) is 6.73. The van der Waals surface area contributed by atoms with E-state index >= 15 is 0 Å². The van der Waals surface area contributed by atoms with Gasteiger partial charge in [0.1, 0.15) is 11.2 Å². The van der Waals surface area contributed by atoms with E-state index < -0.39 is 11.2 Å². The number of hydrogen-bond acceptors (Lipinski definition) is 1. The normalized spacial score (nSPS) is 20.5. The largest absolute Gasteiger partial charge is 0.324 e. The Morgan fingerprint density at radius 2 is 2.25 bits per heavy atom. The minimum atomic E-state index is -0.888. The van der Waals surface area contributed by atoms with E-state index in [2.05, 4.69) is 5.32 Å². The number of anilines is 1. The van der Waals surface area contributed by atoms with Crippen molar-refractivity contribution in [3.63, 3.8) is 0 Å². The van der Waals surface area contributed by atoms with Crippen molar-refractivity contribution in [2.75, 3.05) is 5.32 Å². The lowest BCUT2D eigenvalue weighted by Crippen LogP contribution is -2.06. The third-order valence-electron chi connectivity index (χ3n) is 1.79. The van der Waals surface area contributed by atoms with E-state index in [1.165, 1.54) is 12.1 Å². The average molecular weight is 186 g/mol. The lowest BCUT2D eigenvalue weighted by Gasteiger charge is -1.99. The molecule has 0 aromatic heterocycles. The van der Waals surface area contributed by atoms with E-state index in [1.807, 2.05) is 0 Å². The smallest absolute Gasteiger partial charge is 0.247 e. The summed E-state index contributed by atoms with van der Waals surface area (Å²) in [7, 11) is 0. The summed E-state index contributed by atoms with van der Waals surface area (Å²) in [6, 6.07) is 4.44. The third-order valence-corrected chi connectivity index (χ3v) is 2.21. The van der Waals surface area contributed by atoms with Gasteiger partial charge in [-0.25, -0.2) is 4.39 Å². The molecule has 12 heavy (non-hydrogen) atoms. The summed E-state index contributed by atoms with van der Waals surface area (Å²) in [5.41, 5.74) is 0.726. The van der Waals surface area contributed by atoms with Gasteiger partial charge in [-0.15, -0.1) is 11.6 Å². The molecule has 0 saturated heterocycles. The zero-order valence-electron chi connectivity index (χ0n) is 5.97. The van der Waals surface area contributed by atoms with Gasteiger partial charge in [0.2, 0.25) is 5.91 Å². The molecule has 0 radical (unpaired) electrons. The second-order valence-electron chi connectivity index (χ2n) is 2.55. The van der Waals surface area contributed by atoms with Crippen LogP contribution in [0.2, 0.25) is 0 Å². The second-order valence-corrected chi connectivity index (χ2v) is 2.99. The quantitative estimate of drug-likeness (QED) is 0.616. The first-order valence-electron chi connectivity index (χ1n) is 3.43. The molecule has 1 unspecified atom stereocenters. The van der Waals surface area contributed by atoms with Gasteiger partial charge in [0, 0.05) is 11.3 Å². The molecule has 1 aromatic rings. The van der Waals surface area contributed by atoms with Gasteiger partial charge in [0.05, 0.1) is 0 Å². The van der Waals surface area contributed by atoms with Crippen LogP contribution in [0.1, 0.15) is 10.9 Å². The van der Waals surface area contributed by atoms with Crippen molar-refractivity contribution in [3.8, 4) is 0 Å². The molecule has 1 amide bonds. The fourth-order valence-electron chi connectivity index (χ4n) is 1.23. The summed E-state index contributed by atoms with van der Waals surface area (Å²) >= 11 is 5.65. The molecule has 0 spiro atoms. The van der Waals surface area contributed by atoms with Gasteiger partial charge in [0.25, 0.3) is 0 Å². The van der Waals surface area contributed by atoms with Crippen LogP contribution in [0.5, 0.6) is 0 Å². The minimum Gasteiger partial charge on any atom is -0.324 e. The number of alkyl halides is 1. The molecule has 2 nitrogen and oxygen atoms in total. The van der Waals surface area contributed by atoms with E-state index in [0.29, 0.717) is 5.69 Å². The number of carbonyl (C=O) groups excluding carboxylic acids is 1. The van der Waals surface area contributed by atoms with Gasteiger partial charge in [-0.05, 0) is 12.1 Å². The van der Waals surface area contributed by atoms with Crippen molar-refractivity contribution in [1.29, 1.82) is 0 Å². The number of hydrogen-bond donors (Lipinski definition) is 1. The molecule has 1 heterocycles. The number of rotatable bonds is 0. The predicted molar refractivity (Wildman–Crippen MR) is 43.6 cm³/mol. The molecule has 2 rings (SSSR count). The number of amides is 1. The highest BCUT2D eigenvalue weighted by atomic mass is 35.5. The van der Waals surface area contributed by atoms with Gasteiger partial charge >= 0.3 is 0 Å². The maximum Gasteiger partial charge on any atom is 0.247 e. The predicted octanol–water partition coefficient (Wildman–Crippen LogP) is 2.06. The third kappa shape index (κ3) is 0.898. The molecule has 1 aliphatic rings. The number of halogens is 2. The highest BCUT2D eigenvalue weighted by Crippen LogP contribution is 2.36. The van der Waals surface area contributed by atoms with Crippen molar-refractivity contribution in [1.82, 2.24) is 0 Å². The van der Waals surface area contributed by atoms with E-state index in [4.69, 9.17) is 11.6 Å². The Balaban J connectivity index is 2.62. The van der Waals surface area contributed by atoms with Crippen LogP contribution in [-0.2, 0) is 4.79 Å². The van der Waals surface area contributed by atoms with Gasteiger partial charge in [-0.2, -0.15) is 0 Å². The molecule has 1 N–H and O–H groups in total. The van der Waals surface area contributed by atoms with E-state index in [1.54, 1.807) is 6.07 Å². The molecular weight excluding hydrogens is 181 g/mol. The molecule has 0 fully saturated rings. The minimum absolute atomic E-state index is 0.254. The Morgan fingerprint density at radius 1 is 1.50 bits per heavy atom. The zero-order chi connectivity index (χ0) is 8.72. The molecule has 1 aliphatic heterocycles. The molecule has 4 heteroatoms. The molecular formula is C8H5ClFNO. The lowest BCUT2D eigenvalue weighted by molar-refractivity contribution is -0.115. The van der Waals surface area contributed by atoms with E-state index in [9.17, 15) is 9.18 Å². The number of fused-ring (bicyclic) bond motifs is 1. The maximum atomic E-state index is 13.0. The second kappa shape index (κ2) is 2.45. The van der Waals surface area contributed by atoms with E-state index in [0.717, 1.165) is 0 Å². The molecule has 0 saturated carbocycles. The first kappa shape index (κ1) is 7.55. The molecule has 0 aliphatic carbocycles. The summed E-state index contributed by atoms with van der Waals surface area (Å²) < 4.78 is 13.0. The number of benzene rings is 1. The summed E-state index contributed by atoms with van der Waals surface area (Å²) in [5, 5.41) is 1.59. The lowest BCUT2D eigenvalue weighted by atomic mass is 10.1. The summed E-state index contributed by atoms with van der Waals surface area (Å²) in [5.74, 6) is -0.803. The molecule has 62 valence electrons. The average Bonchev–Trinajstić information content (AvgIpc) is 2.29. The maximum absolute atomic E-state index is 13.0. The number of carbonyl (C=O) groups is 1. The molecule has 1 aromatic carbocycles. The van der Waals surface area contributed by atoms with Gasteiger partial charge in [0.15, 0.2) is 0 Å². The van der Waals surface area contributed by atoms with Crippen molar-refractivity contribution in [2.45, 2.75) is 5.38 Å². The van der Waals surface area contributed by atoms with Crippen molar-refractivity contribution < 1.29 is 9.18 Å². The fraction of sp³-hybridized carbons (Fsp3) is 0.125. The van der Waals surface area contributed by atoms with Gasteiger partial charge in [-0.3, -0.25) is 4.79 Å². The summed E-state index contributed by atoms with van der Waals surface area (Å²) in [6.45, 7) is 0. The van der Waals surface area contributed by atoms with Crippen LogP contribution in [0.15, 0.2) is 18.2 Å². The number of nitrogens with one attached hydrogen (secondary N) is 1. The van der Waals surface area contributed by atoms with Crippen LogP contribution in [0.4, 0.5) is 10.1 Å². The fourth-order valence-corrected chi connectivity index (χ4v) is 1.51. The first-order valence-corrected chi connectivity index (χ1v) is 3.87. The van der Waals surface area contributed by atoms with Crippen molar-refractivity contribution in [3.05, 3.63) is 29.6 Å². The van der Waals surface area contributed by atoms with Crippen LogP contribution < -0.4 is 5.32 Å². The van der Waals surface area contributed by atoms with Crippen molar-refractivity contribution in [2.24, 2.45) is 0 Å².